The van der Waals surface area contributed by atoms with E-state index >= 15 is 0 Å². The first-order valence-corrected chi connectivity index (χ1v) is 10.4. The minimum atomic E-state index is -0.370. The van der Waals surface area contributed by atoms with Gasteiger partial charge in [0.25, 0.3) is 0 Å². The molecule has 126 valence electrons. The molecule has 0 bridgehead atoms. The summed E-state index contributed by atoms with van der Waals surface area (Å²) in [6.07, 6.45) is 7.17. The van der Waals surface area contributed by atoms with Gasteiger partial charge in [0.05, 0.1) is 6.61 Å². The number of ether oxygens (including phenoxy) is 1. The molecule has 0 spiro atoms. The molecule has 4 nitrogen and oxygen atoms in total. The minimum Gasteiger partial charge on any atom is -0.462 e. The van der Waals surface area contributed by atoms with Crippen LogP contribution in [0.15, 0.2) is 12.2 Å². The van der Waals surface area contributed by atoms with Crippen molar-refractivity contribution >= 4 is 33.5 Å². The highest BCUT2D eigenvalue weighted by molar-refractivity contribution is 8.77. The first-order chi connectivity index (χ1) is 10.6. The number of hydrogen-bond acceptors (Lipinski definition) is 5. The van der Waals surface area contributed by atoms with E-state index in [0.717, 1.165) is 18.1 Å². The van der Waals surface area contributed by atoms with Crippen LogP contribution in [-0.2, 0) is 14.3 Å². The lowest BCUT2D eigenvalue weighted by molar-refractivity contribution is -0.138. The van der Waals surface area contributed by atoms with Crippen molar-refractivity contribution in [2.75, 3.05) is 18.9 Å². The van der Waals surface area contributed by atoms with Crippen LogP contribution < -0.4 is 5.32 Å². The Labute approximate surface area is 141 Å². The summed E-state index contributed by atoms with van der Waals surface area (Å²) in [5, 5.41) is 3.69. The number of carbonyl (C=O) groups is 2. The molecule has 1 saturated heterocycles. The molecule has 22 heavy (non-hydrogen) atoms. The van der Waals surface area contributed by atoms with E-state index in [1.165, 1.54) is 25.0 Å². The van der Waals surface area contributed by atoms with Crippen molar-refractivity contribution in [3.63, 3.8) is 0 Å². The highest BCUT2D eigenvalue weighted by atomic mass is 33.1. The van der Waals surface area contributed by atoms with Crippen molar-refractivity contribution in [1.82, 2.24) is 5.32 Å². The van der Waals surface area contributed by atoms with Gasteiger partial charge in [0, 0.05) is 29.5 Å². The third-order valence-corrected chi connectivity index (χ3v) is 6.39. The maximum absolute atomic E-state index is 11.6. The predicted octanol–water partition coefficient (Wildman–Crippen LogP) is 3.72. The predicted molar refractivity (Wildman–Crippen MR) is 94.9 cm³/mol. The second-order valence-electron chi connectivity index (χ2n) is 5.55. The van der Waals surface area contributed by atoms with Crippen LogP contribution in [-0.4, -0.2) is 36.0 Å². The Morgan fingerprint density at radius 1 is 1.27 bits per heavy atom. The molecule has 1 amide bonds. The van der Waals surface area contributed by atoms with Gasteiger partial charge in [0.1, 0.15) is 0 Å². The molecule has 0 saturated carbocycles. The van der Waals surface area contributed by atoms with E-state index in [-0.39, 0.29) is 11.9 Å². The van der Waals surface area contributed by atoms with Gasteiger partial charge in [-0.1, -0.05) is 41.0 Å². The SMILES string of the molecule is C=C(C)C(=O)OCCCNC(=O)CCCCCC1CCSS1. The maximum atomic E-state index is 11.6. The number of esters is 1. The summed E-state index contributed by atoms with van der Waals surface area (Å²) in [5.41, 5.74) is 0.402. The van der Waals surface area contributed by atoms with Gasteiger partial charge in [-0.3, -0.25) is 4.79 Å². The van der Waals surface area contributed by atoms with Gasteiger partial charge >= 0.3 is 5.97 Å². The molecule has 1 atom stereocenters. The molecule has 0 radical (unpaired) electrons. The van der Waals surface area contributed by atoms with Crippen molar-refractivity contribution in [1.29, 1.82) is 0 Å². The average Bonchev–Trinajstić information content (AvgIpc) is 2.99. The number of unbranched alkanes of at least 4 members (excludes halogenated alkanes) is 2. The Hall–Kier alpha value is -0.620. The Balaban J connectivity index is 1.86. The molecule has 1 aliphatic rings. The fourth-order valence-electron chi connectivity index (χ4n) is 2.08. The van der Waals surface area contributed by atoms with Crippen LogP contribution in [0.4, 0.5) is 0 Å². The van der Waals surface area contributed by atoms with Crippen molar-refractivity contribution in [2.45, 2.75) is 57.1 Å². The molecule has 1 rings (SSSR count). The van der Waals surface area contributed by atoms with E-state index in [1.54, 1.807) is 6.92 Å². The van der Waals surface area contributed by atoms with E-state index in [0.29, 0.717) is 31.6 Å². The van der Waals surface area contributed by atoms with Crippen LogP contribution in [0.25, 0.3) is 0 Å². The Kier molecular flexibility index (Phi) is 10.5. The van der Waals surface area contributed by atoms with Crippen molar-refractivity contribution < 1.29 is 14.3 Å². The Morgan fingerprint density at radius 2 is 2.09 bits per heavy atom. The molecule has 1 unspecified atom stereocenters. The largest absolute Gasteiger partial charge is 0.462 e. The van der Waals surface area contributed by atoms with E-state index in [4.69, 9.17) is 4.74 Å². The average molecular weight is 346 g/mol. The lowest BCUT2D eigenvalue weighted by Crippen LogP contribution is -2.25. The number of nitrogens with one attached hydrogen (secondary N) is 1. The van der Waals surface area contributed by atoms with Crippen LogP contribution >= 0.6 is 21.6 Å². The number of carbonyl (C=O) groups excluding carboxylic acids is 2. The summed E-state index contributed by atoms with van der Waals surface area (Å²) in [7, 11) is 4.01. The molecule has 1 fully saturated rings. The van der Waals surface area contributed by atoms with E-state index < -0.39 is 0 Å². The maximum Gasteiger partial charge on any atom is 0.333 e. The molecular formula is C16H27NO3S2. The molecule has 0 aliphatic carbocycles. The zero-order valence-corrected chi connectivity index (χ0v) is 15.0. The fraction of sp³-hybridized carbons (Fsp3) is 0.750. The van der Waals surface area contributed by atoms with Crippen LogP contribution in [0.5, 0.6) is 0 Å². The van der Waals surface area contributed by atoms with Crippen molar-refractivity contribution in [2.24, 2.45) is 0 Å². The molecule has 1 aliphatic heterocycles. The van der Waals surface area contributed by atoms with E-state index in [1.807, 2.05) is 21.6 Å². The zero-order valence-electron chi connectivity index (χ0n) is 13.4. The second-order valence-corrected chi connectivity index (χ2v) is 8.34. The summed E-state index contributed by atoms with van der Waals surface area (Å²) < 4.78 is 4.95. The third-order valence-electron chi connectivity index (χ3n) is 3.38. The molecule has 0 aromatic rings. The Morgan fingerprint density at radius 3 is 2.77 bits per heavy atom. The highest BCUT2D eigenvalue weighted by Crippen LogP contribution is 2.39. The molecule has 1 N–H and O–H groups in total. The summed E-state index contributed by atoms with van der Waals surface area (Å²) in [5.74, 6) is 1.02. The first kappa shape index (κ1) is 19.4. The van der Waals surface area contributed by atoms with E-state index in [2.05, 4.69) is 11.9 Å². The monoisotopic (exact) mass is 345 g/mol. The minimum absolute atomic E-state index is 0.0945. The van der Waals surface area contributed by atoms with Gasteiger partial charge in [-0.05, 0) is 32.6 Å². The molecule has 6 heteroatoms. The smallest absolute Gasteiger partial charge is 0.333 e. The highest BCUT2D eigenvalue weighted by Gasteiger charge is 2.15. The first-order valence-electron chi connectivity index (χ1n) is 7.97. The quantitative estimate of drug-likeness (QED) is 0.268. The van der Waals surface area contributed by atoms with Crippen molar-refractivity contribution in [3.8, 4) is 0 Å². The lowest BCUT2D eigenvalue weighted by atomic mass is 10.1. The van der Waals surface area contributed by atoms with Crippen molar-refractivity contribution in [3.05, 3.63) is 12.2 Å². The summed E-state index contributed by atoms with van der Waals surface area (Å²) >= 11 is 0. The van der Waals surface area contributed by atoms with Gasteiger partial charge in [-0.2, -0.15) is 0 Å². The van der Waals surface area contributed by atoms with Gasteiger partial charge in [0.2, 0.25) is 5.91 Å². The van der Waals surface area contributed by atoms with Gasteiger partial charge in [-0.15, -0.1) is 0 Å². The Bertz CT molecular complexity index is 368. The van der Waals surface area contributed by atoms with Crippen LogP contribution in [0.2, 0.25) is 0 Å². The molecule has 0 aromatic carbocycles. The van der Waals surface area contributed by atoms with Crippen LogP contribution in [0.1, 0.15) is 51.9 Å². The van der Waals surface area contributed by atoms with Crippen LogP contribution in [0.3, 0.4) is 0 Å². The van der Waals surface area contributed by atoms with E-state index in [9.17, 15) is 9.59 Å². The van der Waals surface area contributed by atoms with Crippen LogP contribution in [0, 0.1) is 0 Å². The lowest BCUT2D eigenvalue weighted by Gasteiger charge is -2.08. The number of amides is 1. The standard InChI is InChI=1S/C16H27NO3S2/c1-13(2)16(19)20-11-6-10-17-15(18)8-5-3-4-7-14-9-12-21-22-14/h14H,1,3-12H2,2H3,(H,17,18). The normalized spacial score (nSPS) is 17.2. The summed E-state index contributed by atoms with van der Waals surface area (Å²) in [6, 6.07) is 0. The molecule has 0 aromatic heterocycles. The number of hydrogen-bond donors (Lipinski definition) is 1. The van der Waals surface area contributed by atoms with Gasteiger partial charge < -0.3 is 10.1 Å². The zero-order chi connectivity index (χ0) is 16.2. The molecular weight excluding hydrogens is 318 g/mol. The molecule has 1 heterocycles. The third kappa shape index (κ3) is 9.41. The fourth-order valence-corrected chi connectivity index (χ4v) is 5.10. The topological polar surface area (TPSA) is 55.4 Å². The summed E-state index contributed by atoms with van der Waals surface area (Å²) in [4.78, 5) is 22.8. The number of rotatable bonds is 11. The van der Waals surface area contributed by atoms with Gasteiger partial charge in [0.15, 0.2) is 0 Å². The second kappa shape index (κ2) is 11.9. The van der Waals surface area contributed by atoms with Gasteiger partial charge in [-0.25, -0.2) is 4.79 Å². The summed E-state index contributed by atoms with van der Waals surface area (Å²) in [6.45, 7) is 6.00.